The number of hydrogen-bond donors (Lipinski definition) is 2. The van der Waals surface area contributed by atoms with Crippen LogP contribution in [0.1, 0.15) is 33.6 Å². The predicted molar refractivity (Wildman–Crippen MR) is 98.3 cm³/mol. The van der Waals surface area contributed by atoms with E-state index in [0.717, 1.165) is 37.1 Å². The van der Waals surface area contributed by atoms with E-state index >= 15 is 0 Å². The molecule has 0 atom stereocenters. The molecule has 140 valence electrons. The third-order valence-corrected chi connectivity index (χ3v) is 2.47. The Morgan fingerprint density at radius 3 is 2.00 bits per heavy atom. The van der Waals surface area contributed by atoms with E-state index in [0.29, 0.717) is 6.42 Å². The smallest absolute Gasteiger partial charge is 0.222 e. The zero-order chi connectivity index (χ0) is 19.1. The molecule has 0 fully saturated rings. The van der Waals surface area contributed by atoms with E-state index < -0.39 is 11.6 Å². The number of halogens is 2. The van der Waals surface area contributed by atoms with Crippen molar-refractivity contribution in [2.24, 2.45) is 5.92 Å². The lowest BCUT2D eigenvalue weighted by Crippen LogP contribution is -2.22. The summed E-state index contributed by atoms with van der Waals surface area (Å²) in [6.45, 7) is 7.28. The number of hydrogen-bond acceptors (Lipinski definition) is 4. The lowest BCUT2D eigenvalue weighted by atomic mass is 10.3. The molecular formula is C17H30F2N2O2S. The van der Waals surface area contributed by atoms with Crippen molar-refractivity contribution < 1.29 is 18.3 Å². The van der Waals surface area contributed by atoms with E-state index in [1.807, 2.05) is 0 Å². The molecule has 1 rings (SSSR count). The molecule has 0 aromatic heterocycles. The van der Waals surface area contributed by atoms with Gasteiger partial charge in [-0.2, -0.15) is 0 Å². The maximum atomic E-state index is 12.3. The van der Waals surface area contributed by atoms with Crippen LogP contribution in [0.25, 0.3) is 0 Å². The van der Waals surface area contributed by atoms with E-state index in [2.05, 4.69) is 43.0 Å². The molecule has 0 aliphatic rings. The number of carbonyl (C=O) groups is 1. The van der Waals surface area contributed by atoms with Gasteiger partial charge in [-0.05, 0) is 12.3 Å². The molecule has 0 saturated heterocycles. The molecule has 24 heavy (non-hydrogen) atoms. The van der Waals surface area contributed by atoms with Crippen LogP contribution >= 0.6 is 12.8 Å². The van der Waals surface area contributed by atoms with Crippen molar-refractivity contribution >= 4 is 18.7 Å². The topological polar surface area (TPSA) is 41.6 Å². The first-order valence-corrected chi connectivity index (χ1v) is 8.15. The number of carbonyl (C=O) groups excluding carboxylic acids is 1. The lowest BCUT2D eigenvalue weighted by molar-refractivity contribution is -0.128. The van der Waals surface area contributed by atoms with Crippen LogP contribution in [0.4, 0.5) is 8.78 Å². The fourth-order valence-electron chi connectivity index (χ4n) is 1.19. The summed E-state index contributed by atoms with van der Waals surface area (Å²) >= 11 is 3.80. The minimum absolute atomic E-state index is 0.170. The number of amides is 1. The maximum absolute atomic E-state index is 12.3. The highest BCUT2D eigenvalue weighted by Crippen LogP contribution is 2.13. The minimum Gasteiger partial charge on any atom is -0.497 e. The normalized spacial score (nSPS) is 9.42. The fraction of sp³-hybridized carbons (Fsp3) is 0.588. The molecule has 0 heterocycles. The first-order valence-electron chi connectivity index (χ1n) is 7.71. The first-order chi connectivity index (χ1) is 11.1. The monoisotopic (exact) mass is 364 g/mol. The quantitative estimate of drug-likeness (QED) is 0.615. The van der Waals surface area contributed by atoms with E-state index in [4.69, 9.17) is 0 Å². The summed E-state index contributed by atoms with van der Waals surface area (Å²) in [6, 6.07) is 3.02. The predicted octanol–water partition coefficient (Wildman–Crippen LogP) is 3.92. The first kappa shape index (κ1) is 24.9. The maximum Gasteiger partial charge on any atom is 0.222 e. The van der Waals surface area contributed by atoms with E-state index in [-0.39, 0.29) is 11.7 Å². The molecule has 0 saturated carbocycles. The summed E-state index contributed by atoms with van der Waals surface area (Å²) in [5, 5.41) is 0. The molecule has 1 aromatic carbocycles. The summed E-state index contributed by atoms with van der Waals surface area (Å²) in [5.41, 5.74) is 0. The molecule has 1 amide bonds. The van der Waals surface area contributed by atoms with Gasteiger partial charge in [0, 0.05) is 45.3 Å². The lowest BCUT2D eigenvalue weighted by Gasteiger charge is -2.08. The number of nitrogens with one attached hydrogen (secondary N) is 1. The molecule has 1 N–H and O–H groups in total. The van der Waals surface area contributed by atoms with Crippen molar-refractivity contribution in [1.29, 1.82) is 0 Å². The van der Waals surface area contributed by atoms with E-state index in [9.17, 15) is 13.6 Å². The van der Waals surface area contributed by atoms with E-state index in [1.54, 1.807) is 19.0 Å². The van der Waals surface area contributed by atoms with Crippen LogP contribution in [0.3, 0.4) is 0 Å². The average Bonchev–Trinajstić information content (AvgIpc) is 2.46. The van der Waals surface area contributed by atoms with Crippen molar-refractivity contribution in [2.45, 2.75) is 33.6 Å². The minimum atomic E-state index is -0.628. The molecule has 1 aromatic rings. The van der Waals surface area contributed by atoms with Crippen molar-refractivity contribution in [1.82, 2.24) is 9.62 Å². The van der Waals surface area contributed by atoms with Gasteiger partial charge in [0.1, 0.15) is 17.4 Å². The summed E-state index contributed by atoms with van der Waals surface area (Å²) in [6.07, 6.45) is 1.45. The van der Waals surface area contributed by atoms with Gasteiger partial charge in [0.25, 0.3) is 0 Å². The largest absolute Gasteiger partial charge is 0.497 e. The number of thiol groups is 1. The SMILES string of the molecule is CC(C)C.CN(C)C(=O)CCCNS.COc1cc(F)cc(F)c1. The van der Waals surface area contributed by atoms with Crippen molar-refractivity contribution in [2.75, 3.05) is 27.7 Å². The van der Waals surface area contributed by atoms with Gasteiger partial charge in [0.2, 0.25) is 5.91 Å². The van der Waals surface area contributed by atoms with E-state index in [1.165, 1.54) is 7.11 Å². The average molecular weight is 365 g/mol. The molecule has 4 nitrogen and oxygen atoms in total. The van der Waals surface area contributed by atoms with Crippen molar-refractivity contribution in [3.63, 3.8) is 0 Å². The Morgan fingerprint density at radius 2 is 1.67 bits per heavy atom. The van der Waals surface area contributed by atoms with Gasteiger partial charge in [0.15, 0.2) is 0 Å². The molecule has 0 unspecified atom stereocenters. The second-order valence-corrected chi connectivity index (χ2v) is 6.16. The summed E-state index contributed by atoms with van der Waals surface area (Å²) in [5.74, 6) is -0.0604. The standard InChI is InChI=1S/C7H6F2O.C6H14N2OS.C4H10/c1-10-7-3-5(8)2-6(9)4-7;1-8(2)6(9)4-3-5-7-10;1-4(2)3/h2-4H,1H3;7,10H,3-5H2,1-2H3;4H,1-3H3. The number of nitrogens with zero attached hydrogens (tertiary/aromatic N) is 1. The van der Waals surface area contributed by atoms with Crippen LogP contribution in [0.15, 0.2) is 18.2 Å². The molecule has 7 heteroatoms. The van der Waals surface area contributed by atoms with Crippen LogP contribution in [0.2, 0.25) is 0 Å². The molecule has 0 aliphatic carbocycles. The summed E-state index contributed by atoms with van der Waals surface area (Å²) in [4.78, 5) is 12.5. The zero-order valence-corrected chi connectivity index (χ0v) is 16.3. The fourth-order valence-corrected chi connectivity index (χ4v) is 1.35. The van der Waals surface area contributed by atoms with Gasteiger partial charge < -0.3 is 9.64 Å². The van der Waals surface area contributed by atoms with Crippen LogP contribution < -0.4 is 9.46 Å². The van der Waals surface area contributed by atoms with Crippen LogP contribution in [0.5, 0.6) is 5.75 Å². The Bertz CT molecular complexity index is 435. The highest BCUT2D eigenvalue weighted by molar-refractivity contribution is 7.78. The Balaban J connectivity index is 0. The Kier molecular flexibility index (Phi) is 15.8. The number of ether oxygens (including phenoxy) is 1. The van der Waals surface area contributed by atoms with Gasteiger partial charge in [-0.1, -0.05) is 33.6 Å². The molecule has 0 spiro atoms. The highest BCUT2D eigenvalue weighted by atomic mass is 32.1. The highest BCUT2D eigenvalue weighted by Gasteiger charge is 2.01. The third-order valence-electron chi connectivity index (χ3n) is 2.25. The molecule has 0 aliphatic heterocycles. The third kappa shape index (κ3) is 17.0. The van der Waals surface area contributed by atoms with Gasteiger partial charge in [-0.15, -0.1) is 0 Å². The number of benzene rings is 1. The van der Waals surface area contributed by atoms with Gasteiger partial charge in [0.05, 0.1) is 7.11 Å². The van der Waals surface area contributed by atoms with Crippen LogP contribution in [0, 0.1) is 17.6 Å². The van der Waals surface area contributed by atoms with Gasteiger partial charge in [-0.25, -0.2) is 8.78 Å². The van der Waals surface area contributed by atoms with Crippen LogP contribution in [-0.2, 0) is 4.79 Å². The Hall–Kier alpha value is -1.34. The second-order valence-electron chi connectivity index (χ2n) is 5.84. The van der Waals surface area contributed by atoms with Crippen molar-refractivity contribution in [3.8, 4) is 5.75 Å². The number of rotatable bonds is 5. The second kappa shape index (κ2) is 15.2. The van der Waals surface area contributed by atoms with Crippen molar-refractivity contribution in [3.05, 3.63) is 29.8 Å². The van der Waals surface area contributed by atoms with Gasteiger partial charge in [-0.3, -0.25) is 9.52 Å². The molecular weight excluding hydrogens is 334 g/mol. The Labute approximate surface area is 150 Å². The molecule has 0 radical (unpaired) electrons. The molecule has 0 bridgehead atoms. The number of methoxy groups -OCH3 is 1. The summed E-state index contributed by atoms with van der Waals surface area (Å²) < 4.78 is 31.9. The zero-order valence-electron chi connectivity index (χ0n) is 15.4. The summed E-state index contributed by atoms with van der Waals surface area (Å²) in [7, 11) is 4.88. The van der Waals surface area contributed by atoms with Crippen LogP contribution in [-0.4, -0.2) is 38.6 Å². The van der Waals surface area contributed by atoms with Gasteiger partial charge >= 0.3 is 0 Å². The Morgan fingerprint density at radius 1 is 1.21 bits per heavy atom.